The Morgan fingerprint density at radius 3 is 2.65 bits per heavy atom. The van der Waals surface area contributed by atoms with Gasteiger partial charge in [-0.25, -0.2) is 0 Å². The summed E-state index contributed by atoms with van der Waals surface area (Å²) >= 11 is 5.83. The average molecular weight is 285 g/mol. The molecule has 3 aromatic rings. The largest absolute Gasteiger partial charge is 0.360 e. The molecule has 2 aromatic carbocycles. The lowest BCUT2D eigenvalue weighted by Crippen LogP contribution is -2.11. The van der Waals surface area contributed by atoms with E-state index in [9.17, 15) is 4.79 Å². The molecule has 0 aliphatic carbocycles. The van der Waals surface area contributed by atoms with Gasteiger partial charge in [0.15, 0.2) is 0 Å². The molecule has 2 N–H and O–H groups in total. The highest BCUT2D eigenvalue weighted by atomic mass is 35.5. The Hall–Kier alpha value is -2.26. The summed E-state index contributed by atoms with van der Waals surface area (Å²) < 4.78 is 0. The minimum absolute atomic E-state index is 0.132. The van der Waals surface area contributed by atoms with Gasteiger partial charge in [0.2, 0.25) is 0 Å². The molecule has 1 amide bonds. The number of halogens is 1. The molecule has 4 heteroatoms. The second-order valence-corrected chi connectivity index (χ2v) is 5.10. The lowest BCUT2D eigenvalue weighted by molar-refractivity contribution is 0.102. The third kappa shape index (κ3) is 2.28. The first kappa shape index (κ1) is 12.8. The molecule has 0 saturated carbocycles. The van der Waals surface area contributed by atoms with Crippen molar-refractivity contribution in [2.45, 2.75) is 6.92 Å². The first-order chi connectivity index (χ1) is 9.65. The van der Waals surface area contributed by atoms with Crippen molar-refractivity contribution < 1.29 is 4.79 Å². The number of fused-ring (bicyclic) bond motifs is 1. The monoisotopic (exact) mass is 284 g/mol. The van der Waals surface area contributed by atoms with E-state index in [1.165, 1.54) is 0 Å². The number of aromatic amines is 1. The molecule has 1 heterocycles. The molecule has 1 aromatic heterocycles. The number of amides is 1. The number of aromatic nitrogens is 1. The van der Waals surface area contributed by atoms with Gasteiger partial charge < -0.3 is 10.3 Å². The lowest BCUT2D eigenvalue weighted by atomic mass is 10.1. The van der Waals surface area contributed by atoms with Crippen molar-refractivity contribution >= 4 is 34.1 Å². The highest BCUT2D eigenvalue weighted by Crippen LogP contribution is 2.23. The first-order valence-corrected chi connectivity index (χ1v) is 6.66. The predicted molar refractivity (Wildman–Crippen MR) is 82.4 cm³/mol. The minimum atomic E-state index is -0.132. The lowest BCUT2D eigenvalue weighted by Gasteiger charge is -2.05. The van der Waals surface area contributed by atoms with Crippen LogP contribution in [0.25, 0.3) is 10.9 Å². The molecule has 0 aliphatic heterocycles. The standard InChI is InChI=1S/C16H13ClN2O/c1-10-3-2-4-14-15(10)13(9-18-14)16(20)19-12-7-5-11(17)6-8-12/h2-9,18H,1H3,(H,19,20). The number of carbonyl (C=O) groups excluding carboxylic acids is 1. The van der Waals surface area contributed by atoms with Crippen LogP contribution in [-0.4, -0.2) is 10.9 Å². The van der Waals surface area contributed by atoms with Gasteiger partial charge in [0, 0.05) is 27.8 Å². The Labute approximate surface area is 121 Å². The molecule has 20 heavy (non-hydrogen) atoms. The average Bonchev–Trinajstić information content (AvgIpc) is 2.87. The van der Waals surface area contributed by atoms with Gasteiger partial charge in [-0.1, -0.05) is 23.7 Å². The number of benzene rings is 2. The molecule has 0 spiro atoms. The molecule has 0 aliphatic rings. The van der Waals surface area contributed by atoms with Gasteiger partial charge in [-0.2, -0.15) is 0 Å². The zero-order chi connectivity index (χ0) is 14.1. The highest BCUT2D eigenvalue weighted by Gasteiger charge is 2.13. The second-order valence-electron chi connectivity index (χ2n) is 4.66. The number of rotatable bonds is 2. The zero-order valence-electron chi connectivity index (χ0n) is 10.9. The maximum Gasteiger partial charge on any atom is 0.257 e. The molecular weight excluding hydrogens is 272 g/mol. The van der Waals surface area contributed by atoms with Crippen LogP contribution >= 0.6 is 11.6 Å². The van der Waals surface area contributed by atoms with Crippen molar-refractivity contribution in [2.75, 3.05) is 5.32 Å². The van der Waals surface area contributed by atoms with Crippen LogP contribution in [-0.2, 0) is 0 Å². The number of nitrogens with one attached hydrogen (secondary N) is 2. The van der Waals surface area contributed by atoms with E-state index in [4.69, 9.17) is 11.6 Å². The van der Waals surface area contributed by atoms with Crippen LogP contribution in [0.4, 0.5) is 5.69 Å². The Kier molecular flexibility index (Phi) is 3.20. The quantitative estimate of drug-likeness (QED) is 0.720. The van der Waals surface area contributed by atoms with Crippen molar-refractivity contribution in [2.24, 2.45) is 0 Å². The predicted octanol–water partition coefficient (Wildman–Crippen LogP) is 4.38. The molecule has 0 unspecified atom stereocenters. The van der Waals surface area contributed by atoms with E-state index in [-0.39, 0.29) is 5.91 Å². The maximum absolute atomic E-state index is 12.4. The Balaban J connectivity index is 1.95. The van der Waals surface area contributed by atoms with Gasteiger partial charge in [-0.15, -0.1) is 0 Å². The van der Waals surface area contributed by atoms with Gasteiger partial charge in [-0.3, -0.25) is 4.79 Å². The molecule has 100 valence electrons. The van der Waals surface area contributed by atoms with Gasteiger partial charge in [0.05, 0.1) is 5.56 Å². The summed E-state index contributed by atoms with van der Waals surface area (Å²) in [4.78, 5) is 15.5. The van der Waals surface area contributed by atoms with E-state index in [1.807, 2.05) is 25.1 Å². The molecule has 0 saturated heterocycles. The topological polar surface area (TPSA) is 44.9 Å². The number of aryl methyl sites for hydroxylation is 1. The van der Waals surface area contributed by atoms with Crippen LogP contribution in [0.2, 0.25) is 5.02 Å². The van der Waals surface area contributed by atoms with E-state index in [1.54, 1.807) is 30.5 Å². The van der Waals surface area contributed by atoms with Gasteiger partial charge in [0.25, 0.3) is 5.91 Å². The van der Waals surface area contributed by atoms with E-state index in [0.717, 1.165) is 22.2 Å². The molecule has 0 bridgehead atoms. The van der Waals surface area contributed by atoms with E-state index < -0.39 is 0 Å². The summed E-state index contributed by atoms with van der Waals surface area (Å²) in [5, 5.41) is 4.48. The number of H-pyrrole nitrogens is 1. The fourth-order valence-corrected chi connectivity index (χ4v) is 2.40. The fraction of sp³-hybridized carbons (Fsp3) is 0.0625. The molecule has 3 rings (SSSR count). The van der Waals surface area contributed by atoms with Crippen molar-refractivity contribution in [1.82, 2.24) is 4.98 Å². The summed E-state index contributed by atoms with van der Waals surface area (Å²) in [6.45, 7) is 2.00. The van der Waals surface area contributed by atoms with Gasteiger partial charge in [0.1, 0.15) is 0 Å². The number of carbonyl (C=O) groups is 1. The van der Waals surface area contributed by atoms with Crippen LogP contribution in [0.3, 0.4) is 0 Å². The molecule has 0 fully saturated rings. The number of anilines is 1. The van der Waals surface area contributed by atoms with Crippen molar-refractivity contribution in [3.05, 3.63) is 64.8 Å². The van der Waals surface area contributed by atoms with Crippen LogP contribution in [0, 0.1) is 6.92 Å². The van der Waals surface area contributed by atoms with E-state index in [0.29, 0.717) is 10.6 Å². The fourth-order valence-electron chi connectivity index (χ4n) is 2.28. The van der Waals surface area contributed by atoms with Crippen molar-refractivity contribution in [3.8, 4) is 0 Å². The van der Waals surface area contributed by atoms with Crippen LogP contribution in [0.15, 0.2) is 48.7 Å². The number of hydrogen-bond donors (Lipinski definition) is 2. The third-order valence-electron chi connectivity index (χ3n) is 3.26. The molecular formula is C16H13ClN2O. The van der Waals surface area contributed by atoms with Gasteiger partial charge in [-0.05, 0) is 42.8 Å². The Morgan fingerprint density at radius 1 is 1.15 bits per heavy atom. The Bertz CT molecular complexity index is 775. The smallest absolute Gasteiger partial charge is 0.257 e. The van der Waals surface area contributed by atoms with Crippen molar-refractivity contribution in [3.63, 3.8) is 0 Å². The van der Waals surface area contributed by atoms with Crippen LogP contribution < -0.4 is 5.32 Å². The molecule has 0 atom stereocenters. The summed E-state index contributed by atoms with van der Waals surface area (Å²) in [7, 11) is 0. The van der Waals surface area contributed by atoms with Crippen LogP contribution in [0.5, 0.6) is 0 Å². The van der Waals surface area contributed by atoms with E-state index in [2.05, 4.69) is 10.3 Å². The third-order valence-corrected chi connectivity index (χ3v) is 3.51. The van der Waals surface area contributed by atoms with Gasteiger partial charge >= 0.3 is 0 Å². The normalized spacial score (nSPS) is 10.7. The van der Waals surface area contributed by atoms with Crippen molar-refractivity contribution in [1.29, 1.82) is 0 Å². The zero-order valence-corrected chi connectivity index (χ0v) is 11.7. The number of hydrogen-bond acceptors (Lipinski definition) is 1. The highest BCUT2D eigenvalue weighted by molar-refractivity contribution is 6.30. The molecule has 3 nitrogen and oxygen atoms in total. The second kappa shape index (κ2) is 5.02. The van der Waals surface area contributed by atoms with Crippen LogP contribution in [0.1, 0.15) is 15.9 Å². The Morgan fingerprint density at radius 2 is 1.90 bits per heavy atom. The maximum atomic E-state index is 12.4. The summed E-state index contributed by atoms with van der Waals surface area (Å²) in [5.41, 5.74) is 3.41. The van der Waals surface area contributed by atoms with E-state index >= 15 is 0 Å². The summed E-state index contributed by atoms with van der Waals surface area (Å²) in [5.74, 6) is -0.132. The summed E-state index contributed by atoms with van der Waals surface area (Å²) in [6.07, 6.45) is 1.74. The SMILES string of the molecule is Cc1cccc2[nH]cc(C(=O)Nc3ccc(Cl)cc3)c12. The molecule has 0 radical (unpaired) electrons. The minimum Gasteiger partial charge on any atom is -0.360 e. The summed E-state index contributed by atoms with van der Waals surface area (Å²) in [6, 6.07) is 13.0. The first-order valence-electron chi connectivity index (χ1n) is 6.29.